The fraction of sp³-hybridized carbons (Fsp3) is 0.143. The molecule has 0 fully saturated rings. The van der Waals surface area contributed by atoms with Crippen molar-refractivity contribution in [3.63, 3.8) is 0 Å². The normalized spacial score (nSPS) is 11.8. The van der Waals surface area contributed by atoms with E-state index in [1.54, 1.807) is 31.2 Å². The van der Waals surface area contributed by atoms with E-state index in [4.69, 9.17) is 5.84 Å². The number of nitrogens with two attached hydrogens (primary N) is 1. The van der Waals surface area contributed by atoms with Gasteiger partial charge < -0.3 is 10.7 Å². The van der Waals surface area contributed by atoms with E-state index in [0.29, 0.717) is 11.3 Å². The van der Waals surface area contributed by atoms with Crippen LogP contribution in [0.25, 0.3) is 0 Å². The first-order valence-electron chi connectivity index (χ1n) is 6.29. The van der Waals surface area contributed by atoms with Gasteiger partial charge in [-0.15, -0.1) is 0 Å². The number of para-hydroxylation sites is 1. The number of nitrogens with zero attached hydrogens (tertiary/aromatic N) is 1. The zero-order valence-electron chi connectivity index (χ0n) is 11.3. The molecule has 110 valence electrons. The summed E-state index contributed by atoms with van der Waals surface area (Å²) in [6, 6.07) is 10.5. The Bertz CT molecular complexity index is 663. The van der Waals surface area contributed by atoms with Crippen LogP contribution in [0.4, 0.5) is 21.5 Å². The molecule has 0 aromatic heterocycles. The number of hydrazine groups is 1. The summed E-state index contributed by atoms with van der Waals surface area (Å²) in [5.41, 5.74) is 3.36. The van der Waals surface area contributed by atoms with E-state index >= 15 is 0 Å². The number of rotatable bonds is 5. The molecule has 2 aromatic carbocycles. The first-order chi connectivity index (χ1) is 10.0. The monoisotopic (exact) mass is 290 g/mol. The van der Waals surface area contributed by atoms with Gasteiger partial charge in [-0.3, -0.25) is 16.0 Å². The van der Waals surface area contributed by atoms with Crippen molar-refractivity contribution in [2.75, 3.05) is 10.7 Å². The van der Waals surface area contributed by atoms with Gasteiger partial charge in [0.1, 0.15) is 17.2 Å². The molecule has 0 aliphatic heterocycles. The number of nitro benzene ring substituents is 1. The number of halogens is 1. The van der Waals surface area contributed by atoms with Gasteiger partial charge in [0.15, 0.2) is 0 Å². The Hall–Kier alpha value is -2.67. The van der Waals surface area contributed by atoms with Gasteiger partial charge in [0.2, 0.25) is 0 Å². The highest BCUT2D eigenvalue weighted by Gasteiger charge is 2.20. The molecule has 7 heteroatoms. The molecule has 0 heterocycles. The van der Waals surface area contributed by atoms with Crippen molar-refractivity contribution in [2.45, 2.75) is 13.0 Å². The highest BCUT2D eigenvalue weighted by molar-refractivity contribution is 5.76. The van der Waals surface area contributed by atoms with Gasteiger partial charge in [-0.1, -0.05) is 18.2 Å². The van der Waals surface area contributed by atoms with Gasteiger partial charge >= 0.3 is 5.69 Å². The van der Waals surface area contributed by atoms with Crippen LogP contribution < -0.4 is 16.6 Å². The van der Waals surface area contributed by atoms with E-state index in [1.807, 2.05) is 0 Å². The van der Waals surface area contributed by atoms with Gasteiger partial charge in [0, 0.05) is 6.04 Å². The number of nitrogens with one attached hydrogen (secondary N) is 2. The minimum absolute atomic E-state index is 0.150. The lowest BCUT2D eigenvalue weighted by atomic mass is 10.1. The van der Waals surface area contributed by atoms with Crippen molar-refractivity contribution in [3.8, 4) is 0 Å². The van der Waals surface area contributed by atoms with Crippen molar-refractivity contribution in [1.29, 1.82) is 0 Å². The van der Waals surface area contributed by atoms with Gasteiger partial charge in [0.25, 0.3) is 0 Å². The average molecular weight is 290 g/mol. The predicted octanol–water partition coefficient (Wildman–Crippen LogP) is 3.19. The second-order valence-corrected chi connectivity index (χ2v) is 4.52. The Labute approximate surface area is 120 Å². The maximum absolute atomic E-state index is 13.2. The minimum Gasteiger partial charge on any atom is -0.373 e. The van der Waals surface area contributed by atoms with Gasteiger partial charge in [0.05, 0.1) is 4.92 Å². The highest BCUT2D eigenvalue weighted by Crippen LogP contribution is 2.34. The summed E-state index contributed by atoms with van der Waals surface area (Å²) in [5, 5.41) is 14.2. The number of hydrogen-bond acceptors (Lipinski definition) is 5. The number of hydrogen-bond donors (Lipinski definition) is 3. The first kappa shape index (κ1) is 14.7. The zero-order chi connectivity index (χ0) is 15.4. The molecule has 0 radical (unpaired) electrons. The molecule has 6 nitrogen and oxygen atoms in total. The second-order valence-electron chi connectivity index (χ2n) is 4.52. The lowest BCUT2D eigenvalue weighted by molar-refractivity contribution is -0.383. The van der Waals surface area contributed by atoms with E-state index in [2.05, 4.69) is 10.7 Å². The molecule has 1 atom stereocenters. The fourth-order valence-electron chi connectivity index (χ4n) is 2.07. The smallest absolute Gasteiger partial charge is 0.316 e. The summed E-state index contributed by atoms with van der Waals surface area (Å²) < 4.78 is 13.2. The van der Waals surface area contributed by atoms with Crippen molar-refractivity contribution in [3.05, 3.63) is 64.0 Å². The third-order valence-corrected chi connectivity index (χ3v) is 3.09. The van der Waals surface area contributed by atoms with Crippen LogP contribution in [0.5, 0.6) is 0 Å². The topological polar surface area (TPSA) is 93.2 Å². The minimum atomic E-state index is -0.518. The van der Waals surface area contributed by atoms with Crippen molar-refractivity contribution in [1.82, 2.24) is 0 Å². The van der Waals surface area contributed by atoms with Gasteiger partial charge in [-0.2, -0.15) is 0 Å². The molecule has 2 aromatic rings. The molecule has 21 heavy (non-hydrogen) atoms. The SMILES string of the molecule is CC(Nc1cccc(NN)c1[N+](=O)[O-])c1cccc(F)c1. The molecule has 0 spiro atoms. The van der Waals surface area contributed by atoms with E-state index in [0.717, 1.165) is 0 Å². The third-order valence-electron chi connectivity index (χ3n) is 3.09. The number of anilines is 2. The molecule has 0 saturated carbocycles. The largest absolute Gasteiger partial charge is 0.373 e. The summed E-state index contributed by atoms with van der Waals surface area (Å²) >= 11 is 0. The maximum Gasteiger partial charge on any atom is 0.316 e. The molecule has 2 rings (SSSR count). The molecule has 0 aliphatic rings. The summed E-state index contributed by atoms with van der Waals surface area (Å²) in [4.78, 5) is 10.7. The van der Waals surface area contributed by atoms with Crippen molar-refractivity contribution >= 4 is 17.1 Å². The molecule has 0 saturated heterocycles. The summed E-state index contributed by atoms with van der Waals surface area (Å²) in [5.74, 6) is 4.93. The average Bonchev–Trinajstić information content (AvgIpc) is 2.46. The Balaban J connectivity index is 2.33. The number of benzene rings is 2. The molecule has 1 unspecified atom stereocenters. The maximum atomic E-state index is 13.2. The Morgan fingerprint density at radius 3 is 2.52 bits per heavy atom. The highest BCUT2D eigenvalue weighted by atomic mass is 19.1. The molecular formula is C14H15FN4O2. The van der Waals surface area contributed by atoms with Crippen LogP contribution in [0.15, 0.2) is 42.5 Å². The van der Waals surface area contributed by atoms with Gasteiger partial charge in [-0.05, 0) is 36.8 Å². The zero-order valence-corrected chi connectivity index (χ0v) is 11.3. The first-order valence-corrected chi connectivity index (χ1v) is 6.29. The Kier molecular flexibility index (Phi) is 4.34. The van der Waals surface area contributed by atoms with Crippen molar-refractivity contribution in [2.24, 2.45) is 5.84 Å². The van der Waals surface area contributed by atoms with E-state index in [1.165, 1.54) is 18.2 Å². The summed E-state index contributed by atoms with van der Waals surface area (Å²) in [6.07, 6.45) is 0. The molecular weight excluding hydrogens is 275 g/mol. The lowest BCUT2D eigenvalue weighted by Gasteiger charge is -2.16. The van der Waals surface area contributed by atoms with E-state index < -0.39 is 4.92 Å². The van der Waals surface area contributed by atoms with Crippen LogP contribution in [-0.2, 0) is 0 Å². The van der Waals surface area contributed by atoms with Crippen molar-refractivity contribution < 1.29 is 9.31 Å². The number of nitrogen functional groups attached to an aromatic ring is 1. The summed E-state index contributed by atoms with van der Waals surface area (Å²) in [6.45, 7) is 1.79. The van der Waals surface area contributed by atoms with Crippen LogP contribution in [0.2, 0.25) is 0 Å². The lowest BCUT2D eigenvalue weighted by Crippen LogP contribution is -2.12. The Morgan fingerprint density at radius 1 is 1.24 bits per heavy atom. The Morgan fingerprint density at radius 2 is 1.90 bits per heavy atom. The predicted molar refractivity (Wildman–Crippen MR) is 79.3 cm³/mol. The van der Waals surface area contributed by atoms with Crippen LogP contribution in [0.1, 0.15) is 18.5 Å². The van der Waals surface area contributed by atoms with Crippen LogP contribution in [0.3, 0.4) is 0 Å². The standard InChI is InChI=1S/C14H15FN4O2/c1-9(10-4-2-5-11(15)8-10)17-12-6-3-7-13(18-16)14(12)19(20)21/h2-9,17-18H,16H2,1H3. The van der Waals surface area contributed by atoms with Crippen LogP contribution in [-0.4, -0.2) is 4.92 Å². The number of nitro groups is 1. The van der Waals surface area contributed by atoms with Crippen LogP contribution >= 0.6 is 0 Å². The third kappa shape index (κ3) is 3.26. The molecule has 0 amide bonds. The van der Waals surface area contributed by atoms with E-state index in [9.17, 15) is 14.5 Å². The van der Waals surface area contributed by atoms with Gasteiger partial charge in [-0.25, -0.2) is 4.39 Å². The molecule has 0 bridgehead atoms. The summed E-state index contributed by atoms with van der Waals surface area (Å²) in [7, 11) is 0. The van der Waals surface area contributed by atoms with Crippen LogP contribution in [0, 0.1) is 15.9 Å². The fourth-order valence-corrected chi connectivity index (χ4v) is 2.07. The quantitative estimate of drug-likeness (QED) is 0.446. The second kappa shape index (κ2) is 6.19. The molecule has 0 aliphatic carbocycles. The molecule has 4 N–H and O–H groups in total. The van der Waals surface area contributed by atoms with E-state index in [-0.39, 0.29) is 23.2 Å².